The van der Waals surface area contributed by atoms with E-state index in [-0.39, 0.29) is 11.8 Å². The Morgan fingerprint density at radius 3 is 2.52 bits per heavy atom. The molecule has 0 saturated heterocycles. The lowest BCUT2D eigenvalue weighted by atomic mass is 9.83. The molecule has 0 saturated carbocycles. The first-order valence-corrected chi connectivity index (χ1v) is 15.7. The van der Waals surface area contributed by atoms with Crippen molar-refractivity contribution in [1.82, 2.24) is 0 Å². The number of thiophene rings is 1. The summed E-state index contributed by atoms with van der Waals surface area (Å²) >= 11 is 2.95. The second-order valence-corrected chi connectivity index (χ2v) is 13.0. The highest BCUT2D eigenvalue weighted by atomic mass is 32.2. The molecule has 2 unspecified atom stereocenters. The quantitative estimate of drug-likeness (QED) is 0.187. The first-order chi connectivity index (χ1) is 20.5. The molecule has 4 aromatic carbocycles. The second kappa shape index (κ2) is 12.2. The third-order valence-corrected chi connectivity index (χ3v) is 9.93. The molecule has 5 aromatic rings. The molecule has 7 heteroatoms. The van der Waals surface area contributed by atoms with Crippen molar-refractivity contribution in [3.63, 3.8) is 0 Å². The number of amides is 2. The zero-order valence-electron chi connectivity index (χ0n) is 23.1. The van der Waals surface area contributed by atoms with Crippen LogP contribution >= 0.6 is 23.1 Å². The van der Waals surface area contributed by atoms with Gasteiger partial charge in [0.05, 0.1) is 10.8 Å². The summed E-state index contributed by atoms with van der Waals surface area (Å²) in [6, 6.07) is 33.9. The van der Waals surface area contributed by atoms with Crippen LogP contribution in [-0.2, 0) is 17.6 Å². The van der Waals surface area contributed by atoms with E-state index in [4.69, 9.17) is 0 Å². The molecule has 1 heterocycles. The number of carbonyl (C=O) groups excluding carboxylic acids is 2. The zero-order chi connectivity index (χ0) is 29.1. The smallest absolute Gasteiger partial charge is 0.255 e. The summed E-state index contributed by atoms with van der Waals surface area (Å²) in [4.78, 5) is 28.2. The summed E-state index contributed by atoms with van der Waals surface area (Å²) in [6.45, 7) is 1.85. The van der Waals surface area contributed by atoms with Crippen LogP contribution in [0.5, 0.6) is 0 Å². The molecule has 2 atom stereocenters. The van der Waals surface area contributed by atoms with E-state index in [0.29, 0.717) is 27.7 Å². The number of thioether (sulfide) groups is 1. The number of benzene rings is 4. The van der Waals surface area contributed by atoms with Gasteiger partial charge in [0.2, 0.25) is 5.91 Å². The molecular formula is C35H29N3O2S2. The normalized spacial score (nSPS) is 14.9. The summed E-state index contributed by atoms with van der Waals surface area (Å²) in [5.41, 5.74) is 4.25. The fourth-order valence-corrected chi connectivity index (χ4v) is 7.66. The minimum atomic E-state index is -0.404. The molecule has 0 spiro atoms. The summed E-state index contributed by atoms with van der Waals surface area (Å²) in [5, 5.41) is 18.3. The number of carbonyl (C=O) groups is 2. The number of hydrogen-bond donors (Lipinski definition) is 2. The van der Waals surface area contributed by atoms with E-state index in [1.54, 1.807) is 0 Å². The fourth-order valence-electron chi connectivity index (χ4n) is 5.45. The highest BCUT2D eigenvalue weighted by molar-refractivity contribution is 8.00. The van der Waals surface area contributed by atoms with Gasteiger partial charge in [-0.15, -0.1) is 23.1 Å². The molecule has 0 aliphatic heterocycles. The maximum atomic E-state index is 13.2. The monoisotopic (exact) mass is 587 g/mol. The molecule has 2 N–H and O–H groups in total. The van der Waals surface area contributed by atoms with Gasteiger partial charge in [0.1, 0.15) is 11.1 Å². The van der Waals surface area contributed by atoms with Crippen molar-refractivity contribution in [1.29, 1.82) is 5.26 Å². The Kier molecular flexibility index (Phi) is 8.09. The minimum Gasteiger partial charge on any atom is -0.322 e. The minimum absolute atomic E-state index is 0.152. The van der Waals surface area contributed by atoms with Crippen LogP contribution in [0.1, 0.15) is 51.2 Å². The Hall–Kier alpha value is -4.38. The Bertz CT molecular complexity index is 1820. The van der Waals surface area contributed by atoms with E-state index < -0.39 is 5.25 Å². The lowest BCUT2D eigenvalue weighted by Crippen LogP contribution is -2.22. The van der Waals surface area contributed by atoms with Crippen molar-refractivity contribution in [2.24, 2.45) is 0 Å². The molecule has 0 fully saturated rings. The average Bonchev–Trinajstić information content (AvgIpc) is 3.37. The topological polar surface area (TPSA) is 82.0 Å². The first kappa shape index (κ1) is 27.8. The predicted octanol–water partition coefficient (Wildman–Crippen LogP) is 8.42. The maximum absolute atomic E-state index is 13.2. The molecule has 1 aliphatic carbocycles. The molecule has 2 amide bonds. The number of anilines is 2. The van der Waals surface area contributed by atoms with Crippen molar-refractivity contribution >= 4 is 56.4 Å². The van der Waals surface area contributed by atoms with Gasteiger partial charge in [0, 0.05) is 21.0 Å². The second-order valence-electron chi connectivity index (χ2n) is 10.5. The number of fused-ring (bicyclic) bond motifs is 2. The third-order valence-electron chi connectivity index (χ3n) is 7.67. The molecule has 0 radical (unpaired) electrons. The van der Waals surface area contributed by atoms with Crippen molar-refractivity contribution in [2.75, 3.05) is 10.6 Å². The number of nitrogens with one attached hydrogen (secondary N) is 2. The van der Waals surface area contributed by atoms with Crippen molar-refractivity contribution in [3.8, 4) is 6.07 Å². The number of hydrogen-bond acceptors (Lipinski definition) is 5. The van der Waals surface area contributed by atoms with Gasteiger partial charge in [-0.2, -0.15) is 5.26 Å². The molecule has 0 bridgehead atoms. The number of rotatable bonds is 7. The van der Waals surface area contributed by atoms with Crippen LogP contribution in [-0.4, -0.2) is 17.1 Å². The molecule has 1 aliphatic rings. The van der Waals surface area contributed by atoms with Crippen LogP contribution in [0.4, 0.5) is 10.7 Å². The predicted molar refractivity (Wildman–Crippen MR) is 173 cm³/mol. The van der Waals surface area contributed by atoms with Gasteiger partial charge >= 0.3 is 0 Å². The van der Waals surface area contributed by atoms with Crippen molar-refractivity contribution in [2.45, 2.75) is 42.2 Å². The van der Waals surface area contributed by atoms with E-state index in [2.05, 4.69) is 41.0 Å². The summed E-state index contributed by atoms with van der Waals surface area (Å²) in [5.74, 6) is 0.0881. The third kappa shape index (κ3) is 5.96. The van der Waals surface area contributed by atoms with E-state index in [1.165, 1.54) is 33.5 Å². The van der Waals surface area contributed by atoms with E-state index in [0.717, 1.165) is 40.5 Å². The largest absolute Gasteiger partial charge is 0.322 e. The molecule has 1 aromatic heterocycles. The van der Waals surface area contributed by atoms with Crippen LogP contribution in [0.25, 0.3) is 10.8 Å². The van der Waals surface area contributed by atoms with Gasteiger partial charge in [-0.1, -0.05) is 66.7 Å². The highest BCUT2D eigenvalue weighted by Gasteiger charge is 2.28. The van der Waals surface area contributed by atoms with Gasteiger partial charge in [0.25, 0.3) is 5.91 Å². The molecule has 208 valence electrons. The van der Waals surface area contributed by atoms with Crippen molar-refractivity contribution < 1.29 is 9.59 Å². The first-order valence-electron chi connectivity index (χ1n) is 14.0. The van der Waals surface area contributed by atoms with Gasteiger partial charge < -0.3 is 10.6 Å². The van der Waals surface area contributed by atoms with Gasteiger partial charge in [-0.25, -0.2) is 0 Å². The van der Waals surface area contributed by atoms with Gasteiger partial charge in [-0.3, -0.25) is 9.59 Å². The van der Waals surface area contributed by atoms with Crippen LogP contribution in [0.3, 0.4) is 0 Å². The van der Waals surface area contributed by atoms with Crippen LogP contribution in [0.2, 0.25) is 0 Å². The molecular weight excluding hydrogens is 559 g/mol. The van der Waals surface area contributed by atoms with Gasteiger partial charge in [-0.05, 0) is 84.3 Å². The summed E-state index contributed by atoms with van der Waals surface area (Å²) < 4.78 is 0. The SMILES string of the molecule is CC(Sc1cccc(NC(=O)c2ccc3ccccc3c2)c1)C(=O)Nc1sc2c(c1C#N)CCC(c1ccccc1)C2. The lowest BCUT2D eigenvalue weighted by Gasteiger charge is -2.22. The number of nitrogens with zero attached hydrogens (tertiary/aromatic N) is 1. The standard InChI is InChI=1S/C35H29N3O2S2/c1-22(33(39)38-35-31(21-36)30-17-16-26(19-32(30)42-35)23-8-3-2-4-9-23)41-29-13-7-12-28(20-29)37-34(40)27-15-14-24-10-5-6-11-25(24)18-27/h2-15,18,20,22,26H,16-17,19H2,1H3,(H,37,40)(H,38,39). The molecule has 5 nitrogen and oxygen atoms in total. The molecule has 42 heavy (non-hydrogen) atoms. The average molecular weight is 588 g/mol. The lowest BCUT2D eigenvalue weighted by molar-refractivity contribution is -0.115. The Morgan fingerprint density at radius 1 is 0.929 bits per heavy atom. The fraction of sp³-hybridized carbons (Fsp3) is 0.171. The zero-order valence-corrected chi connectivity index (χ0v) is 24.7. The number of nitriles is 1. The Labute approximate surface area is 253 Å². The summed E-state index contributed by atoms with van der Waals surface area (Å²) in [6.07, 6.45) is 2.72. The van der Waals surface area contributed by atoms with E-state index in [9.17, 15) is 14.9 Å². The Morgan fingerprint density at radius 2 is 1.71 bits per heavy atom. The molecule has 6 rings (SSSR count). The van der Waals surface area contributed by atoms with Crippen LogP contribution < -0.4 is 10.6 Å². The van der Waals surface area contributed by atoms with Crippen LogP contribution in [0, 0.1) is 11.3 Å². The maximum Gasteiger partial charge on any atom is 0.255 e. The van der Waals surface area contributed by atoms with Crippen LogP contribution in [0.15, 0.2) is 102 Å². The van der Waals surface area contributed by atoms with E-state index >= 15 is 0 Å². The van der Waals surface area contributed by atoms with E-state index in [1.807, 2.05) is 79.7 Å². The van der Waals surface area contributed by atoms with Crippen molar-refractivity contribution in [3.05, 3.63) is 124 Å². The summed E-state index contributed by atoms with van der Waals surface area (Å²) in [7, 11) is 0. The Balaban J connectivity index is 1.11. The van der Waals surface area contributed by atoms with Gasteiger partial charge in [0.15, 0.2) is 0 Å². The highest BCUT2D eigenvalue weighted by Crippen LogP contribution is 2.42.